The number of amidine groups is 2. The zero-order valence-corrected chi connectivity index (χ0v) is 22.5. The van der Waals surface area contributed by atoms with Crippen LogP contribution in [0.3, 0.4) is 0 Å². The molecule has 0 saturated carbocycles. The van der Waals surface area contributed by atoms with Crippen LogP contribution in [0.4, 0.5) is 0 Å². The number of hydrogen-bond donors (Lipinski definition) is 2. The minimum absolute atomic E-state index is 0.716. The molecule has 0 atom stereocenters. The van der Waals surface area contributed by atoms with E-state index in [0.29, 0.717) is 6.54 Å². The van der Waals surface area contributed by atoms with E-state index in [4.69, 9.17) is 4.99 Å². The zero-order chi connectivity index (χ0) is 26.2. The van der Waals surface area contributed by atoms with Crippen LogP contribution >= 0.6 is 0 Å². The van der Waals surface area contributed by atoms with Gasteiger partial charge in [0, 0.05) is 19.2 Å². The van der Waals surface area contributed by atoms with E-state index in [1.165, 1.54) is 16.7 Å². The minimum atomic E-state index is 0.716. The van der Waals surface area contributed by atoms with Gasteiger partial charge in [0.05, 0.1) is 0 Å². The topological polar surface area (TPSA) is 48.8 Å². The van der Waals surface area contributed by atoms with E-state index in [2.05, 4.69) is 92.0 Å². The Morgan fingerprint density at radius 3 is 2.39 bits per heavy atom. The number of allylic oxidation sites excluding steroid dienone is 4. The van der Waals surface area contributed by atoms with Gasteiger partial charge in [-0.05, 0) is 74.8 Å². The van der Waals surface area contributed by atoms with Crippen LogP contribution in [0.25, 0.3) is 0 Å². The van der Waals surface area contributed by atoms with Crippen LogP contribution < -0.4 is 10.6 Å². The summed E-state index contributed by atoms with van der Waals surface area (Å²) in [6.45, 7) is 14.7. The van der Waals surface area contributed by atoms with E-state index in [0.717, 1.165) is 60.7 Å². The molecule has 0 amide bonds. The second-order valence-electron chi connectivity index (χ2n) is 8.79. The Morgan fingerprint density at radius 2 is 1.72 bits per heavy atom. The van der Waals surface area contributed by atoms with Gasteiger partial charge in [0.1, 0.15) is 17.5 Å². The summed E-state index contributed by atoms with van der Waals surface area (Å²) in [5.74, 6) is 2.37. The summed E-state index contributed by atoms with van der Waals surface area (Å²) >= 11 is 0. The highest BCUT2D eigenvalue weighted by Crippen LogP contribution is 2.14. The van der Waals surface area contributed by atoms with Crippen molar-refractivity contribution in [1.29, 1.82) is 0 Å². The standard InChI is InChI=1S/C32H42N4/c1-7-10-11-19-27-20-13-14-21-28(27)24-34-30(17-9-3)35-32(29-22-15-12-18-26(29)5)36-31(33-6)23-25(4)16-8-2/h7-8,12-15,17-18,20-23,34H,1-2,9-11,16,19,24H2,3-6H3,(H,33,35,36)/b25-23+,30-17+. The third-order valence-corrected chi connectivity index (χ3v) is 5.80. The third kappa shape index (κ3) is 9.53. The van der Waals surface area contributed by atoms with Crippen molar-refractivity contribution in [3.63, 3.8) is 0 Å². The molecule has 0 fully saturated rings. The second-order valence-corrected chi connectivity index (χ2v) is 8.79. The first kappa shape index (κ1) is 28.6. The molecule has 0 heterocycles. The number of rotatable bonds is 13. The summed E-state index contributed by atoms with van der Waals surface area (Å²) in [6.07, 6.45) is 12.9. The van der Waals surface area contributed by atoms with Crippen LogP contribution in [-0.2, 0) is 13.0 Å². The molecule has 2 N–H and O–H groups in total. The summed E-state index contributed by atoms with van der Waals surface area (Å²) < 4.78 is 0. The molecule has 0 aliphatic rings. The molecule has 0 saturated heterocycles. The van der Waals surface area contributed by atoms with Crippen molar-refractivity contribution in [1.82, 2.24) is 10.6 Å². The van der Waals surface area contributed by atoms with Crippen molar-refractivity contribution in [3.05, 3.63) is 120 Å². The molecular formula is C32H42N4. The highest BCUT2D eigenvalue weighted by atomic mass is 15.1. The van der Waals surface area contributed by atoms with E-state index in [-0.39, 0.29) is 0 Å². The van der Waals surface area contributed by atoms with Crippen LogP contribution in [0.15, 0.2) is 107 Å². The summed E-state index contributed by atoms with van der Waals surface area (Å²) in [4.78, 5) is 9.54. The molecule has 2 aromatic carbocycles. The van der Waals surface area contributed by atoms with Crippen LogP contribution in [0.5, 0.6) is 0 Å². The van der Waals surface area contributed by atoms with Crippen molar-refractivity contribution in [2.45, 2.75) is 59.4 Å². The zero-order valence-electron chi connectivity index (χ0n) is 22.5. The lowest BCUT2D eigenvalue weighted by atomic mass is 10.0. The molecular weight excluding hydrogens is 440 g/mol. The van der Waals surface area contributed by atoms with Crippen LogP contribution in [0.2, 0.25) is 0 Å². The summed E-state index contributed by atoms with van der Waals surface area (Å²) in [6, 6.07) is 16.9. The predicted molar refractivity (Wildman–Crippen MR) is 158 cm³/mol. The quantitative estimate of drug-likeness (QED) is 0.135. The van der Waals surface area contributed by atoms with Gasteiger partial charge in [0.25, 0.3) is 0 Å². The van der Waals surface area contributed by atoms with E-state index in [9.17, 15) is 0 Å². The van der Waals surface area contributed by atoms with E-state index < -0.39 is 0 Å². The van der Waals surface area contributed by atoms with Gasteiger partial charge in [-0.3, -0.25) is 4.99 Å². The average Bonchev–Trinajstić information content (AvgIpc) is 2.87. The number of unbranched alkanes of at least 4 members (excludes halogenated alkanes) is 1. The number of aliphatic imine (C=N–C) groups is 2. The van der Waals surface area contributed by atoms with Crippen molar-refractivity contribution in [3.8, 4) is 0 Å². The highest BCUT2D eigenvalue weighted by molar-refractivity contribution is 6.13. The largest absolute Gasteiger partial charge is 0.366 e. The lowest BCUT2D eigenvalue weighted by Crippen LogP contribution is -2.32. The first-order chi connectivity index (χ1) is 17.5. The molecule has 0 unspecified atom stereocenters. The Morgan fingerprint density at radius 1 is 1.00 bits per heavy atom. The molecule has 0 spiro atoms. The summed E-state index contributed by atoms with van der Waals surface area (Å²) in [7, 11) is 1.79. The molecule has 4 heteroatoms. The maximum Gasteiger partial charge on any atom is 0.141 e. The first-order valence-corrected chi connectivity index (χ1v) is 12.8. The van der Waals surface area contributed by atoms with Gasteiger partial charge in [0.15, 0.2) is 0 Å². The summed E-state index contributed by atoms with van der Waals surface area (Å²) in [5.41, 5.74) is 6.03. The maximum absolute atomic E-state index is 5.07. The number of benzene rings is 2. The predicted octanol–water partition coefficient (Wildman–Crippen LogP) is 7.43. The molecule has 0 aromatic heterocycles. The molecule has 0 bridgehead atoms. The Bertz CT molecular complexity index is 1120. The molecule has 0 radical (unpaired) electrons. The van der Waals surface area contributed by atoms with Crippen LogP contribution in [-0.4, -0.2) is 18.7 Å². The molecule has 190 valence electrons. The van der Waals surface area contributed by atoms with Crippen molar-refractivity contribution >= 4 is 11.7 Å². The summed E-state index contributed by atoms with van der Waals surface area (Å²) in [5, 5.41) is 7.07. The fourth-order valence-electron chi connectivity index (χ4n) is 3.86. The van der Waals surface area contributed by atoms with Crippen LogP contribution in [0.1, 0.15) is 61.8 Å². The van der Waals surface area contributed by atoms with Crippen molar-refractivity contribution < 1.29 is 0 Å². The number of aryl methyl sites for hydroxylation is 2. The van der Waals surface area contributed by atoms with E-state index >= 15 is 0 Å². The van der Waals surface area contributed by atoms with E-state index in [1.807, 2.05) is 30.4 Å². The maximum atomic E-state index is 5.07. The SMILES string of the molecule is C=CCCCc1ccccc1CNC(=C\CC)/N=C(/NC(/C=C(\C)CC=C)=NC)c1ccccc1C. The Kier molecular flexibility index (Phi) is 12.8. The normalized spacial score (nSPS) is 12.9. The first-order valence-electron chi connectivity index (χ1n) is 12.8. The number of nitrogens with zero attached hydrogens (tertiary/aromatic N) is 2. The second kappa shape index (κ2) is 16.1. The van der Waals surface area contributed by atoms with Gasteiger partial charge in [-0.2, -0.15) is 0 Å². The Hall–Kier alpha value is -3.66. The van der Waals surface area contributed by atoms with E-state index in [1.54, 1.807) is 7.05 Å². The molecule has 2 rings (SSSR count). The van der Waals surface area contributed by atoms with Crippen molar-refractivity contribution in [2.75, 3.05) is 7.05 Å². The van der Waals surface area contributed by atoms with Gasteiger partial charge < -0.3 is 10.6 Å². The highest BCUT2D eigenvalue weighted by Gasteiger charge is 2.11. The van der Waals surface area contributed by atoms with Gasteiger partial charge in [-0.1, -0.05) is 73.2 Å². The minimum Gasteiger partial charge on any atom is -0.366 e. The molecule has 0 aliphatic carbocycles. The smallest absolute Gasteiger partial charge is 0.141 e. The third-order valence-electron chi connectivity index (χ3n) is 5.80. The van der Waals surface area contributed by atoms with Gasteiger partial charge in [-0.25, -0.2) is 4.99 Å². The molecule has 4 nitrogen and oxygen atoms in total. The van der Waals surface area contributed by atoms with Gasteiger partial charge >= 0.3 is 0 Å². The fourth-order valence-corrected chi connectivity index (χ4v) is 3.86. The lowest BCUT2D eigenvalue weighted by Gasteiger charge is -2.16. The average molecular weight is 483 g/mol. The van der Waals surface area contributed by atoms with Gasteiger partial charge in [0.2, 0.25) is 0 Å². The van der Waals surface area contributed by atoms with Gasteiger partial charge in [-0.15, -0.1) is 13.2 Å². The van der Waals surface area contributed by atoms with Crippen molar-refractivity contribution in [2.24, 2.45) is 9.98 Å². The van der Waals surface area contributed by atoms with Crippen LogP contribution in [0, 0.1) is 6.92 Å². The Balaban J connectivity index is 2.37. The molecule has 2 aromatic rings. The number of hydrogen-bond acceptors (Lipinski definition) is 3. The molecule has 36 heavy (non-hydrogen) atoms. The molecule has 0 aliphatic heterocycles. The fraction of sp³-hybridized carbons (Fsp3) is 0.312. The number of nitrogens with one attached hydrogen (secondary N) is 2. The Labute approximate surface area is 218 Å². The lowest BCUT2D eigenvalue weighted by molar-refractivity contribution is 0.766. The monoisotopic (exact) mass is 482 g/mol.